The zero-order chi connectivity index (χ0) is 24.3. The summed E-state index contributed by atoms with van der Waals surface area (Å²) in [4.78, 5) is 2.36. The predicted octanol–water partition coefficient (Wildman–Crippen LogP) is 9.77. The van der Waals surface area contributed by atoms with Crippen molar-refractivity contribution >= 4 is 38.6 Å². The maximum atomic E-state index is 2.45. The molecule has 0 saturated heterocycles. The van der Waals surface area contributed by atoms with Crippen LogP contribution in [0.5, 0.6) is 0 Å². The molecule has 1 aliphatic carbocycles. The summed E-state index contributed by atoms with van der Waals surface area (Å²) in [5.41, 5.74) is 9.05. The summed E-state index contributed by atoms with van der Waals surface area (Å²) in [5.74, 6) is 0. The number of para-hydroxylation sites is 2. The molecule has 1 heteroatoms. The molecule has 6 aromatic carbocycles. The third kappa shape index (κ3) is 3.03. The number of hydrogen-bond acceptors (Lipinski definition) is 1. The Kier molecular flexibility index (Phi) is 4.56. The van der Waals surface area contributed by atoms with Gasteiger partial charge in [0, 0.05) is 22.2 Å². The predicted molar refractivity (Wildman–Crippen MR) is 154 cm³/mol. The fourth-order valence-electron chi connectivity index (χ4n) is 6.05. The third-order valence-corrected chi connectivity index (χ3v) is 7.83. The lowest BCUT2D eigenvalue weighted by Gasteiger charge is -2.27. The van der Waals surface area contributed by atoms with Gasteiger partial charge in [0.2, 0.25) is 0 Å². The van der Waals surface area contributed by atoms with E-state index in [1.807, 2.05) is 0 Å². The van der Waals surface area contributed by atoms with Gasteiger partial charge in [-0.2, -0.15) is 0 Å². The van der Waals surface area contributed by atoms with Crippen molar-refractivity contribution in [1.82, 2.24) is 0 Å². The minimum Gasteiger partial charge on any atom is -0.310 e. The van der Waals surface area contributed by atoms with Crippen molar-refractivity contribution in [1.29, 1.82) is 0 Å². The first-order valence-corrected chi connectivity index (χ1v) is 12.6. The molecule has 0 atom stereocenters. The molecule has 0 aromatic heterocycles. The molecular formula is C35H27N. The number of anilines is 3. The molecule has 0 unspecified atom stereocenters. The monoisotopic (exact) mass is 461 g/mol. The molecule has 0 heterocycles. The van der Waals surface area contributed by atoms with Gasteiger partial charge in [0.25, 0.3) is 0 Å². The molecule has 0 aliphatic heterocycles. The SMILES string of the molecule is CC1(C)c2ccccc2-c2cc3ccc4c(N(c5ccccc5)c5ccccc5)cccc4c3cc21. The molecule has 172 valence electrons. The van der Waals surface area contributed by atoms with Crippen molar-refractivity contribution in [3.63, 3.8) is 0 Å². The van der Waals surface area contributed by atoms with Crippen LogP contribution >= 0.6 is 0 Å². The summed E-state index contributed by atoms with van der Waals surface area (Å²) in [6.45, 7) is 4.71. The van der Waals surface area contributed by atoms with Crippen LogP contribution in [-0.4, -0.2) is 0 Å². The van der Waals surface area contributed by atoms with E-state index in [1.54, 1.807) is 0 Å². The summed E-state index contributed by atoms with van der Waals surface area (Å²) in [7, 11) is 0. The summed E-state index contributed by atoms with van der Waals surface area (Å²) >= 11 is 0. The van der Waals surface area contributed by atoms with Gasteiger partial charge in [-0.1, -0.05) is 98.8 Å². The normalized spacial score (nSPS) is 13.5. The number of rotatable bonds is 3. The zero-order valence-electron chi connectivity index (χ0n) is 20.6. The van der Waals surface area contributed by atoms with E-state index in [4.69, 9.17) is 0 Å². The van der Waals surface area contributed by atoms with Crippen LogP contribution in [0.15, 0.2) is 127 Å². The molecule has 0 N–H and O–H groups in total. The van der Waals surface area contributed by atoms with Crippen molar-refractivity contribution in [2.75, 3.05) is 4.90 Å². The van der Waals surface area contributed by atoms with E-state index >= 15 is 0 Å². The molecular weight excluding hydrogens is 434 g/mol. The van der Waals surface area contributed by atoms with Gasteiger partial charge in [-0.15, -0.1) is 0 Å². The summed E-state index contributed by atoms with van der Waals surface area (Å²) in [5, 5.41) is 5.15. The highest BCUT2D eigenvalue weighted by molar-refractivity contribution is 6.14. The topological polar surface area (TPSA) is 3.24 Å². The Balaban J connectivity index is 1.50. The van der Waals surface area contributed by atoms with E-state index < -0.39 is 0 Å². The highest BCUT2D eigenvalue weighted by atomic mass is 15.1. The minimum atomic E-state index is -0.0139. The average molecular weight is 462 g/mol. The smallest absolute Gasteiger partial charge is 0.0540 e. The molecule has 1 aliphatic rings. The Morgan fingerprint density at radius 3 is 1.86 bits per heavy atom. The van der Waals surface area contributed by atoms with Gasteiger partial charge < -0.3 is 4.90 Å². The lowest BCUT2D eigenvalue weighted by molar-refractivity contribution is 0.661. The van der Waals surface area contributed by atoms with E-state index in [9.17, 15) is 0 Å². The molecule has 0 saturated carbocycles. The van der Waals surface area contributed by atoms with Gasteiger partial charge in [0.1, 0.15) is 0 Å². The van der Waals surface area contributed by atoms with Crippen molar-refractivity contribution in [2.45, 2.75) is 19.3 Å². The lowest BCUT2D eigenvalue weighted by atomic mass is 9.81. The second-order valence-corrected chi connectivity index (χ2v) is 10.2. The molecule has 0 bridgehead atoms. The van der Waals surface area contributed by atoms with Crippen molar-refractivity contribution in [3.05, 3.63) is 139 Å². The summed E-state index contributed by atoms with van der Waals surface area (Å²) < 4.78 is 0. The van der Waals surface area contributed by atoms with Gasteiger partial charge in [0.05, 0.1) is 5.69 Å². The first-order valence-electron chi connectivity index (χ1n) is 12.6. The standard InChI is InChI=1S/C35H27N/c1-35(2)32-18-10-9-16-28(32)31-22-24-20-21-29-27(30(24)23-33(31)35)17-11-19-34(29)36(25-12-5-3-6-13-25)26-14-7-4-8-15-26/h3-23H,1-2H3. The van der Waals surface area contributed by atoms with Gasteiger partial charge in [-0.05, 0) is 80.9 Å². The molecule has 1 nitrogen and oxygen atoms in total. The van der Waals surface area contributed by atoms with Crippen LogP contribution in [0.1, 0.15) is 25.0 Å². The Morgan fingerprint density at radius 1 is 0.472 bits per heavy atom. The van der Waals surface area contributed by atoms with Gasteiger partial charge >= 0.3 is 0 Å². The molecule has 0 fully saturated rings. The van der Waals surface area contributed by atoms with Crippen LogP contribution < -0.4 is 4.90 Å². The van der Waals surface area contributed by atoms with E-state index in [0.29, 0.717) is 0 Å². The Morgan fingerprint density at radius 2 is 1.14 bits per heavy atom. The van der Waals surface area contributed by atoms with Gasteiger partial charge in [0.15, 0.2) is 0 Å². The minimum absolute atomic E-state index is 0.0139. The number of nitrogens with zero attached hydrogens (tertiary/aromatic N) is 1. The first-order chi connectivity index (χ1) is 17.6. The number of benzene rings is 6. The zero-order valence-corrected chi connectivity index (χ0v) is 20.6. The van der Waals surface area contributed by atoms with Crippen LogP contribution in [0.4, 0.5) is 17.1 Å². The van der Waals surface area contributed by atoms with Crippen molar-refractivity contribution in [3.8, 4) is 11.1 Å². The molecule has 0 spiro atoms. The van der Waals surface area contributed by atoms with E-state index in [0.717, 1.165) is 11.4 Å². The fraction of sp³-hybridized carbons (Fsp3) is 0.0857. The Bertz CT molecular complexity index is 1710. The second kappa shape index (κ2) is 7.83. The van der Waals surface area contributed by atoms with Crippen molar-refractivity contribution < 1.29 is 0 Å². The van der Waals surface area contributed by atoms with Crippen LogP contribution in [-0.2, 0) is 5.41 Å². The van der Waals surface area contributed by atoms with Gasteiger partial charge in [-0.3, -0.25) is 0 Å². The second-order valence-electron chi connectivity index (χ2n) is 10.2. The largest absolute Gasteiger partial charge is 0.310 e. The quantitative estimate of drug-likeness (QED) is 0.237. The third-order valence-electron chi connectivity index (χ3n) is 7.83. The van der Waals surface area contributed by atoms with E-state index in [-0.39, 0.29) is 5.41 Å². The summed E-state index contributed by atoms with van der Waals surface area (Å²) in [6, 6.07) is 46.3. The molecule has 36 heavy (non-hydrogen) atoms. The van der Waals surface area contributed by atoms with Gasteiger partial charge in [-0.25, -0.2) is 0 Å². The molecule has 0 radical (unpaired) electrons. The van der Waals surface area contributed by atoms with E-state index in [1.165, 1.54) is 49.5 Å². The highest BCUT2D eigenvalue weighted by Crippen LogP contribution is 2.50. The Hall–Kier alpha value is -4.36. The fourth-order valence-corrected chi connectivity index (χ4v) is 6.05. The first kappa shape index (κ1) is 21.0. The van der Waals surface area contributed by atoms with E-state index in [2.05, 4.69) is 146 Å². The van der Waals surface area contributed by atoms with Crippen LogP contribution in [0.2, 0.25) is 0 Å². The number of fused-ring (bicyclic) bond motifs is 6. The molecule has 6 aromatic rings. The maximum absolute atomic E-state index is 2.45. The number of hydrogen-bond donors (Lipinski definition) is 0. The van der Waals surface area contributed by atoms with Crippen LogP contribution in [0, 0.1) is 0 Å². The summed E-state index contributed by atoms with van der Waals surface area (Å²) in [6.07, 6.45) is 0. The van der Waals surface area contributed by atoms with Crippen molar-refractivity contribution in [2.24, 2.45) is 0 Å². The Labute approximate surface area is 212 Å². The van der Waals surface area contributed by atoms with Crippen LogP contribution in [0.25, 0.3) is 32.7 Å². The highest BCUT2D eigenvalue weighted by Gasteiger charge is 2.35. The average Bonchev–Trinajstić information content (AvgIpc) is 3.15. The lowest BCUT2D eigenvalue weighted by Crippen LogP contribution is -2.14. The molecule has 7 rings (SSSR count). The van der Waals surface area contributed by atoms with Crippen LogP contribution in [0.3, 0.4) is 0 Å². The molecule has 0 amide bonds. The maximum Gasteiger partial charge on any atom is 0.0540 e.